The normalized spacial score (nSPS) is 13.8. The fourth-order valence-electron chi connectivity index (χ4n) is 4.28. The number of aromatic nitrogens is 1. The van der Waals surface area contributed by atoms with E-state index < -0.39 is 0 Å². The molecule has 1 aliphatic heterocycles. The number of rotatable bonds is 5. The minimum Gasteiger partial charge on any atom is -0.368 e. The third kappa shape index (κ3) is 4.64. The van der Waals surface area contributed by atoms with Crippen LogP contribution in [0.5, 0.6) is 0 Å². The number of pyridine rings is 1. The third-order valence-corrected chi connectivity index (χ3v) is 6.47. The van der Waals surface area contributed by atoms with Crippen LogP contribution in [0.1, 0.15) is 15.9 Å². The van der Waals surface area contributed by atoms with Gasteiger partial charge in [0.1, 0.15) is 5.82 Å². The van der Waals surface area contributed by atoms with E-state index in [1.54, 1.807) is 0 Å². The summed E-state index contributed by atoms with van der Waals surface area (Å²) < 4.78 is 0. The molecular formula is C27H25ClN4O. The van der Waals surface area contributed by atoms with Gasteiger partial charge in [-0.1, -0.05) is 54.1 Å². The Morgan fingerprint density at radius 3 is 2.39 bits per heavy atom. The Bertz CT molecular complexity index is 1270. The smallest absolute Gasteiger partial charge is 0.251 e. The summed E-state index contributed by atoms with van der Waals surface area (Å²) in [7, 11) is 0. The fraction of sp³-hybridized carbons (Fsp3) is 0.185. The topological polar surface area (TPSA) is 48.5 Å². The number of amides is 1. The number of fused-ring (bicyclic) bond motifs is 1. The molecule has 33 heavy (non-hydrogen) atoms. The minimum atomic E-state index is -0.125. The number of carbonyl (C=O) groups is 1. The molecule has 5 rings (SSSR count). The second-order valence-corrected chi connectivity index (χ2v) is 8.56. The summed E-state index contributed by atoms with van der Waals surface area (Å²) in [4.78, 5) is 22.3. The molecule has 1 fully saturated rings. The summed E-state index contributed by atoms with van der Waals surface area (Å²) >= 11 is 6.22. The van der Waals surface area contributed by atoms with Crippen molar-refractivity contribution in [1.29, 1.82) is 0 Å². The second kappa shape index (κ2) is 9.51. The van der Waals surface area contributed by atoms with E-state index >= 15 is 0 Å². The molecule has 1 amide bonds. The van der Waals surface area contributed by atoms with Crippen molar-refractivity contribution >= 4 is 39.8 Å². The zero-order chi connectivity index (χ0) is 22.6. The highest BCUT2D eigenvalue weighted by Crippen LogP contribution is 2.27. The van der Waals surface area contributed by atoms with Crippen molar-refractivity contribution in [2.24, 2.45) is 0 Å². The summed E-state index contributed by atoms with van der Waals surface area (Å²) in [5.41, 5.74) is 2.76. The minimum absolute atomic E-state index is 0.125. The van der Waals surface area contributed by atoms with Crippen LogP contribution >= 0.6 is 11.6 Å². The van der Waals surface area contributed by atoms with Gasteiger partial charge in [-0.2, -0.15) is 0 Å². The molecule has 0 atom stereocenters. The van der Waals surface area contributed by atoms with Gasteiger partial charge in [0, 0.05) is 60.6 Å². The van der Waals surface area contributed by atoms with Crippen molar-refractivity contribution in [3.63, 3.8) is 0 Å². The number of benzene rings is 3. The Kier molecular flexibility index (Phi) is 6.13. The second-order valence-electron chi connectivity index (χ2n) is 8.15. The van der Waals surface area contributed by atoms with Crippen molar-refractivity contribution in [1.82, 2.24) is 10.3 Å². The molecule has 1 saturated heterocycles. The molecule has 0 spiro atoms. The van der Waals surface area contributed by atoms with Gasteiger partial charge in [0.25, 0.3) is 5.91 Å². The largest absolute Gasteiger partial charge is 0.368 e. The summed E-state index contributed by atoms with van der Waals surface area (Å²) in [6, 6.07) is 25.8. The predicted molar refractivity (Wildman–Crippen MR) is 135 cm³/mol. The quantitative estimate of drug-likeness (QED) is 0.451. The number of hydrogen-bond acceptors (Lipinski definition) is 4. The number of para-hydroxylation sites is 1. The predicted octanol–water partition coefficient (Wildman–Crippen LogP) is 5.14. The number of hydrogen-bond donors (Lipinski definition) is 1. The standard InChI is InChI=1S/C27H25ClN4O/c28-25-9-5-4-6-22(25)19-30-27(33)21-11-10-20-12-13-29-26(24(20)18-21)32-16-14-31(15-17-32)23-7-2-1-3-8-23/h1-13,18H,14-17,19H2,(H,30,33). The maximum Gasteiger partial charge on any atom is 0.251 e. The lowest BCUT2D eigenvalue weighted by molar-refractivity contribution is 0.0951. The van der Waals surface area contributed by atoms with Crippen molar-refractivity contribution in [3.05, 3.63) is 101 Å². The van der Waals surface area contributed by atoms with Gasteiger partial charge >= 0.3 is 0 Å². The SMILES string of the molecule is O=C(NCc1ccccc1Cl)c1ccc2ccnc(N3CCN(c4ccccc4)CC3)c2c1. The van der Waals surface area contributed by atoms with Crippen LogP contribution in [-0.4, -0.2) is 37.1 Å². The van der Waals surface area contributed by atoms with Crippen molar-refractivity contribution < 1.29 is 4.79 Å². The van der Waals surface area contributed by atoms with Gasteiger partial charge in [-0.15, -0.1) is 0 Å². The monoisotopic (exact) mass is 456 g/mol. The Hall–Kier alpha value is -3.57. The van der Waals surface area contributed by atoms with Crippen LogP contribution in [0.4, 0.5) is 11.5 Å². The average Bonchev–Trinajstić information content (AvgIpc) is 2.88. The van der Waals surface area contributed by atoms with Crippen LogP contribution in [-0.2, 0) is 6.54 Å². The molecule has 0 radical (unpaired) electrons. The van der Waals surface area contributed by atoms with Gasteiger partial charge in [-0.05, 0) is 47.3 Å². The van der Waals surface area contributed by atoms with Gasteiger partial charge in [-0.3, -0.25) is 4.79 Å². The number of anilines is 2. The molecule has 2 heterocycles. The maximum atomic E-state index is 12.9. The first-order valence-corrected chi connectivity index (χ1v) is 11.5. The molecular weight excluding hydrogens is 432 g/mol. The molecule has 1 aromatic heterocycles. The van der Waals surface area contributed by atoms with Crippen LogP contribution in [0.3, 0.4) is 0 Å². The summed E-state index contributed by atoms with van der Waals surface area (Å²) in [6.07, 6.45) is 1.85. The van der Waals surface area contributed by atoms with Gasteiger partial charge in [0.15, 0.2) is 0 Å². The first kappa shape index (κ1) is 21.3. The molecule has 6 heteroatoms. The molecule has 0 aliphatic carbocycles. The number of carbonyl (C=O) groups excluding carboxylic acids is 1. The van der Waals surface area contributed by atoms with E-state index in [0.717, 1.165) is 48.3 Å². The van der Waals surface area contributed by atoms with Gasteiger partial charge in [0.05, 0.1) is 0 Å². The molecule has 0 bridgehead atoms. The molecule has 1 aliphatic rings. The lowest BCUT2D eigenvalue weighted by Gasteiger charge is -2.37. The van der Waals surface area contributed by atoms with E-state index in [1.807, 2.05) is 60.8 Å². The maximum absolute atomic E-state index is 12.9. The Balaban J connectivity index is 1.33. The first-order chi connectivity index (χ1) is 16.2. The van der Waals surface area contributed by atoms with Gasteiger partial charge < -0.3 is 15.1 Å². The Labute approximate surface area is 198 Å². The van der Waals surface area contributed by atoms with E-state index in [9.17, 15) is 4.79 Å². The average molecular weight is 457 g/mol. The lowest BCUT2D eigenvalue weighted by Crippen LogP contribution is -2.46. The van der Waals surface area contributed by atoms with Crippen molar-refractivity contribution in [3.8, 4) is 0 Å². The van der Waals surface area contributed by atoms with Crippen LogP contribution in [0.15, 0.2) is 85.1 Å². The van der Waals surface area contributed by atoms with Crippen LogP contribution in [0.25, 0.3) is 10.8 Å². The molecule has 4 aromatic rings. The van der Waals surface area contributed by atoms with Crippen LogP contribution in [0.2, 0.25) is 5.02 Å². The van der Waals surface area contributed by atoms with E-state index in [0.29, 0.717) is 17.1 Å². The number of halogens is 1. The highest BCUT2D eigenvalue weighted by molar-refractivity contribution is 6.31. The van der Waals surface area contributed by atoms with E-state index in [2.05, 4.69) is 39.4 Å². The Morgan fingerprint density at radius 1 is 0.879 bits per heavy atom. The lowest BCUT2D eigenvalue weighted by atomic mass is 10.1. The zero-order valence-corrected chi connectivity index (χ0v) is 19.0. The number of nitrogens with zero attached hydrogens (tertiary/aromatic N) is 3. The van der Waals surface area contributed by atoms with E-state index in [4.69, 9.17) is 16.6 Å². The third-order valence-electron chi connectivity index (χ3n) is 6.11. The summed E-state index contributed by atoms with van der Waals surface area (Å²) in [6.45, 7) is 4.01. The summed E-state index contributed by atoms with van der Waals surface area (Å²) in [5.74, 6) is 0.807. The van der Waals surface area contributed by atoms with E-state index in [-0.39, 0.29) is 5.91 Å². The van der Waals surface area contributed by atoms with Crippen molar-refractivity contribution in [2.45, 2.75) is 6.54 Å². The molecule has 166 valence electrons. The van der Waals surface area contributed by atoms with Gasteiger partial charge in [0.2, 0.25) is 0 Å². The van der Waals surface area contributed by atoms with Crippen LogP contribution < -0.4 is 15.1 Å². The molecule has 0 unspecified atom stereocenters. The molecule has 1 N–H and O–H groups in total. The first-order valence-electron chi connectivity index (χ1n) is 11.1. The van der Waals surface area contributed by atoms with Crippen LogP contribution in [0, 0.1) is 0 Å². The molecule has 0 saturated carbocycles. The molecule has 5 nitrogen and oxygen atoms in total. The number of piperazine rings is 1. The van der Waals surface area contributed by atoms with Crippen molar-refractivity contribution in [2.75, 3.05) is 36.0 Å². The summed E-state index contributed by atoms with van der Waals surface area (Å²) in [5, 5.41) is 5.70. The van der Waals surface area contributed by atoms with E-state index in [1.165, 1.54) is 5.69 Å². The number of nitrogens with one attached hydrogen (secondary N) is 1. The fourth-order valence-corrected chi connectivity index (χ4v) is 4.48. The zero-order valence-electron chi connectivity index (χ0n) is 18.2. The van der Waals surface area contributed by atoms with Gasteiger partial charge in [-0.25, -0.2) is 4.98 Å². The highest BCUT2D eigenvalue weighted by atomic mass is 35.5. The molecule has 3 aromatic carbocycles. The Morgan fingerprint density at radius 2 is 1.61 bits per heavy atom. The highest BCUT2D eigenvalue weighted by Gasteiger charge is 2.20.